The van der Waals surface area contributed by atoms with Crippen LogP contribution in [0, 0.1) is 0 Å². The normalized spacial score (nSPS) is 17.9. The summed E-state index contributed by atoms with van der Waals surface area (Å²) < 4.78 is 32.3. The molecule has 0 bridgehead atoms. The number of fused-ring (bicyclic) bond motifs is 1. The predicted octanol–water partition coefficient (Wildman–Crippen LogP) is 4.25. The van der Waals surface area contributed by atoms with Crippen LogP contribution in [-0.4, -0.2) is 56.3 Å². The van der Waals surface area contributed by atoms with Gasteiger partial charge in [0.15, 0.2) is 5.78 Å². The van der Waals surface area contributed by atoms with Gasteiger partial charge in [-0.3, -0.25) is 9.69 Å². The van der Waals surface area contributed by atoms with Gasteiger partial charge in [0.1, 0.15) is 0 Å². The molecule has 0 aliphatic carbocycles. The molecule has 0 spiro atoms. The van der Waals surface area contributed by atoms with E-state index >= 15 is 0 Å². The van der Waals surface area contributed by atoms with Crippen LogP contribution in [0.5, 0.6) is 0 Å². The second-order valence-corrected chi connectivity index (χ2v) is 11.5. The molecule has 188 valence electrons. The number of hydrogen-bond donors (Lipinski definition) is 0. The van der Waals surface area contributed by atoms with Crippen molar-refractivity contribution in [2.75, 3.05) is 32.8 Å². The van der Waals surface area contributed by atoms with Crippen molar-refractivity contribution in [3.05, 3.63) is 101 Å². The van der Waals surface area contributed by atoms with Crippen LogP contribution >= 0.6 is 0 Å². The van der Waals surface area contributed by atoms with Crippen molar-refractivity contribution >= 4 is 15.8 Å². The van der Waals surface area contributed by atoms with E-state index < -0.39 is 10.0 Å². The summed E-state index contributed by atoms with van der Waals surface area (Å²) >= 11 is 0. The van der Waals surface area contributed by atoms with E-state index in [2.05, 4.69) is 48.2 Å². The molecule has 0 N–H and O–H groups in total. The van der Waals surface area contributed by atoms with Crippen molar-refractivity contribution in [3.8, 4) is 0 Å². The van der Waals surface area contributed by atoms with Crippen molar-refractivity contribution in [1.29, 1.82) is 0 Å². The summed E-state index contributed by atoms with van der Waals surface area (Å²) in [5.41, 5.74) is 5.49. The molecular weight excluding hydrogens is 472 g/mol. The van der Waals surface area contributed by atoms with Gasteiger partial charge in [0.2, 0.25) is 10.0 Å². The molecule has 2 aliphatic heterocycles. The van der Waals surface area contributed by atoms with E-state index in [1.54, 1.807) is 24.3 Å². The first-order chi connectivity index (χ1) is 17.4. The van der Waals surface area contributed by atoms with E-state index in [1.165, 1.54) is 21.0 Å². The number of hydrogen-bond acceptors (Lipinski definition) is 5. The number of ketones is 1. The third-order valence-corrected chi connectivity index (χ3v) is 9.23. The van der Waals surface area contributed by atoms with E-state index in [9.17, 15) is 13.2 Å². The molecule has 0 amide bonds. The fourth-order valence-electron chi connectivity index (χ4n) is 5.01. The van der Waals surface area contributed by atoms with Crippen LogP contribution in [0.4, 0.5) is 0 Å². The van der Waals surface area contributed by atoms with Crippen LogP contribution in [0.25, 0.3) is 0 Å². The standard InChI is InChI=1S/C29H32N2O4S/c1-22(30-15-14-25-4-2-3-5-27(25)21-30)24-8-10-26(11-9-24)29(32)20-23-6-12-28(13-7-23)36(33,34)31-16-18-35-19-17-31/h2-13,22H,14-21H2,1H3. The van der Waals surface area contributed by atoms with Crippen molar-refractivity contribution in [2.24, 2.45) is 0 Å². The first-order valence-corrected chi connectivity index (χ1v) is 14.0. The monoisotopic (exact) mass is 504 g/mol. The van der Waals surface area contributed by atoms with Gasteiger partial charge in [0.05, 0.1) is 18.1 Å². The summed E-state index contributed by atoms with van der Waals surface area (Å²) in [6.45, 7) is 5.73. The number of nitrogens with zero attached hydrogens (tertiary/aromatic N) is 2. The molecular formula is C29H32N2O4S. The van der Waals surface area contributed by atoms with Crippen LogP contribution in [0.2, 0.25) is 0 Å². The number of morpholine rings is 1. The highest BCUT2D eigenvalue weighted by atomic mass is 32.2. The van der Waals surface area contributed by atoms with Gasteiger partial charge in [0, 0.05) is 44.2 Å². The Hall–Kier alpha value is -2.84. The molecule has 7 heteroatoms. The Kier molecular flexibility index (Phi) is 7.34. The molecule has 0 aromatic heterocycles. The Morgan fingerprint density at radius 2 is 1.56 bits per heavy atom. The van der Waals surface area contributed by atoms with Gasteiger partial charge in [-0.15, -0.1) is 0 Å². The minimum Gasteiger partial charge on any atom is -0.379 e. The fraction of sp³-hybridized carbons (Fsp3) is 0.345. The van der Waals surface area contributed by atoms with Gasteiger partial charge in [0.25, 0.3) is 0 Å². The number of carbonyl (C=O) groups excluding carboxylic acids is 1. The molecule has 1 fully saturated rings. The third-order valence-electron chi connectivity index (χ3n) is 7.32. The third kappa shape index (κ3) is 5.30. The van der Waals surface area contributed by atoms with E-state index in [1.807, 2.05) is 12.1 Å². The van der Waals surface area contributed by atoms with Gasteiger partial charge < -0.3 is 4.74 Å². The lowest BCUT2D eigenvalue weighted by atomic mass is 9.96. The number of sulfonamides is 1. The van der Waals surface area contributed by atoms with Crippen LogP contribution < -0.4 is 0 Å². The molecule has 1 atom stereocenters. The number of carbonyl (C=O) groups is 1. The predicted molar refractivity (Wildman–Crippen MR) is 139 cm³/mol. The SMILES string of the molecule is CC(c1ccc(C(=O)Cc2ccc(S(=O)(=O)N3CCOCC3)cc2)cc1)N1CCc2ccccc2C1. The van der Waals surface area contributed by atoms with E-state index in [-0.39, 0.29) is 23.1 Å². The highest BCUT2D eigenvalue weighted by molar-refractivity contribution is 7.89. The molecule has 3 aromatic rings. The number of rotatable bonds is 7. The number of ether oxygens (including phenoxy) is 1. The molecule has 36 heavy (non-hydrogen) atoms. The molecule has 0 radical (unpaired) electrons. The summed E-state index contributed by atoms with van der Waals surface area (Å²) in [4.78, 5) is 15.6. The zero-order chi connectivity index (χ0) is 25.1. The zero-order valence-corrected chi connectivity index (χ0v) is 21.4. The second-order valence-electron chi connectivity index (χ2n) is 9.55. The summed E-state index contributed by atoms with van der Waals surface area (Å²) in [5, 5.41) is 0. The fourth-order valence-corrected chi connectivity index (χ4v) is 6.42. The lowest BCUT2D eigenvalue weighted by molar-refractivity contribution is 0.0730. The first-order valence-electron chi connectivity index (χ1n) is 12.5. The van der Waals surface area contributed by atoms with Crippen molar-refractivity contribution in [2.45, 2.75) is 37.2 Å². The number of Topliss-reactive ketones (excluding diaryl/α,β-unsaturated/α-hetero) is 1. The highest BCUT2D eigenvalue weighted by Gasteiger charge is 2.26. The Morgan fingerprint density at radius 3 is 2.25 bits per heavy atom. The maximum Gasteiger partial charge on any atom is 0.243 e. The van der Waals surface area contributed by atoms with E-state index in [0.29, 0.717) is 31.9 Å². The minimum absolute atomic E-state index is 0.0184. The summed E-state index contributed by atoms with van der Waals surface area (Å²) in [7, 11) is -3.53. The number of benzene rings is 3. The van der Waals surface area contributed by atoms with E-state index in [0.717, 1.165) is 25.1 Å². The topological polar surface area (TPSA) is 66.9 Å². The van der Waals surface area contributed by atoms with Crippen LogP contribution in [0.15, 0.2) is 77.7 Å². The molecule has 6 nitrogen and oxygen atoms in total. The summed E-state index contributed by atoms with van der Waals surface area (Å²) in [6, 6.07) is 23.5. The van der Waals surface area contributed by atoms with Crippen molar-refractivity contribution in [1.82, 2.24) is 9.21 Å². The smallest absolute Gasteiger partial charge is 0.243 e. The van der Waals surface area contributed by atoms with Crippen LogP contribution in [-0.2, 0) is 34.1 Å². The Morgan fingerprint density at radius 1 is 0.889 bits per heavy atom. The molecule has 1 unspecified atom stereocenters. The van der Waals surface area contributed by atoms with Crippen LogP contribution in [0.1, 0.15) is 45.6 Å². The average Bonchev–Trinajstić information content (AvgIpc) is 2.93. The summed E-state index contributed by atoms with van der Waals surface area (Å²) in [5.74, 6) is 0.0184. The molecule has 2 heterocycles. The van der Waals surface area contributed by atoms with Gasteiger partial charge in [-0.05, 0) is 47.7 Å². The van der Waals surface area contributed by atoms with Gasteiger partial charge in [-0.2, -0.15) is 4.31 Å². The highest BCUT2D eigenvalue weighted by Crippen LogP contribution is 2.28. The quantitative estimate of drug-likeness (QED) is 0.450. The van der Waals surface area contributed by atoms with Gasteiger partial charge in [-0.1, -0.05) is 60.7 Å². The van der Waals surface area contributed by atoms with Crippen LogP contribution in [0.3, 0.4) is 0 Å². The Balaban J connectivity index is 1.21. The largest absolute Gasteiger partial charge is 0.379 e. The first kappa shape index (κ1) is 24.8. The zero-order valence-electron chi connectivity index (χ0n) is 20.6. The minimum atomic E-state index is -3.53. The maximum absolute atomic E-state index is 12.9. The Labute approximate surface area is 213 Å². The molecule has 1 saturated heterocycles. The average molecular weight is 505 g/mol. The second kappa shape index (κ2) is 10.6. The molecule has 0 saturated carbocycles. The molecule has 5 rings (SSSR count). The molecule has 2 aliphatic rings. The maximum atomic E-state index is 12.9. The van der Waals surface area contributed by atoms with Gasteiger partial charge >= 0.3 is 0 Å². The van der Waals surface area contributed by atoms with Crippen molar-refractivity contribution in [3.63, 3.8) is 0 Å². The lowest BCUT2D eigenvalue weighted by Gasteiger charge is -2.34. The van der Waals surface area contributed by atoms with E-state index in [4.69, 9.17) is 4.74 Å². The van der Waals surface area contributed by atoms with Crippen molar-refractivity contribution < 1.29 is 17.9 Å². The Bertz CT molecular complexity index is 1310. The summed E-state index contributed by atoms with van der Waals surface area (Å²) in [6.07, 6.45) is 1.29. The molecule has 3 aromatic carbocycles. The van der Waals surface area contributed by atoms with Gasteiger partial charge in [-0.25, -0.2) is 8.42 Å². The lowest BCUT2D eigenvalue weighted by Crippen LogP contribution is -2.40.